The van der Waals surface area contributed by atoms with Crippen LogP contribution in [0.5, 0.6) is 0 Å². The molecular formula is C18H23ClN2O3. The number of piperazine rings is 1. The van der Waals surface area contributed by atoms with E-state index in [0.29, 0.717) is 31.2 Å². The highest BCUT2D eigenvalue weighted by molar-refractivity contribution is 6.32. The van der Waals surface area contributed by atoms with Crippen molar-refractivity contribution < 1.29 is 14.3 Å². The lowest BCUT2D eigenvalue weighted by Gasteiger charge is -2.35. The molecule has 5 nitrogen and oxygen atoms in total. The van der Waals surface area contributed by atoms with E-state index in [2.05, 4.69) is 0 Å². The average Bonchev–Trinajstić information content (AvgIpc) is 2.52. The molecule has 0 atom stereocenters. The number of ether oxygens (including phenoxy) is 1. The number of nitrogens with zero attached hydrogens (tertiary/aromatic N) is 2. The number of hydrogen-bond donors (Lipinski definition) is 0. The van der Waals surface area contributed by atoms with Crippen molar-refractivity contribution in [2.75, 3.05) is 26.2 Å². The zero-order valence-electron chi connectivity index (χ0n) is 14.3. The zero-order valence-corrected chi connectivity index (χ0v) is 15.0. The number of carbonyl (C=O) groups excluding carboxylic acids is 2. The van der Waals surface area contributed by atoms with Gasteiger partial charge < -0.3 is 14.5 Å². The first-order chi connectivity index (χ1) is 11.3. The maximum Gasteiger partial charge on any atom is 0.410 e. The third-order valence-electron chi connectivity index (χ3n) is 3.55. The Bertz CT molecular complexity index is 629. The molecule has 2 amide bonds. The second kappa shape index (κ2) is 7.71. The van der Waals surface area contributed by atoms with Gasteiger partial charge in [-0.1, -0.05) is 29.8 Å². The van der Waals surface area contributed by atoms with Crippen molar-refractivity contribution in [2.45, 2.75) is 26.4 Å². The quantitative estimate of drug-likeness (QED) is 0.768. The molecule has 130 valence electrons. The molecule has 0 unspecified atom stereocenters. The van der Waals surface area contributed by atoms with Gasteiger partial charge in [-0.3, -0.25) is 4.79 Å². The molecule has 0 aliphatic carbocycles. The lowest BCUT2D eigenvalue weighted by atomic mass is 10.2. The smallest absolute Gasteiger partial charge is 0.410 e. The van der Waals surface area contributed by atoms with Gasteiger partial charge in [0.1, 0.15) is 5.60 Å². The van der Waals surface area contributed by atoms with Crippen molar-refractivity contribution >= 4 is 29.7 Å². The predicted molar refractivity (Wildman–Crippen MR) is 94.9 cm³/mol. The van der Waals surface area contributed by atoms with Crippen LogP contribution in [-0.2, 0) is 9.53 Å². The highest BCUT2D eigenvalue weighted by Gasteiger charge is 2.26. The van der Waals surface area contributed by atoms with Gasteiger partial charge in [0, 0.05) is 37.3 Å². The Hall–Kier alpha value is -2.01. The third-order valence-corrected chi connectivity index (χ3v) is 3.90. The van der Waals surface area contributed by atoms with Gasteiger partial charge in [0.15, 0.2) is 0 Å². The van der Waals surface area contributed by atoms with Crippen LogP contribution in [0, 0.1) is 0 Å². The molecule has 1 aromatic rings. The predicted octanol–water partition coefficient (Wildman–Crippen LogP) is 3.43. The van der Waals surface area contributed by atoms with E-state index in [0.717, 1.165) is 5.56 Å². The molecule has 24 heavy (non-hydrogen) atoms. The summed E-state index contributed by atoms with van der Waals surface area (Å²) in [7, 11) is 0. The number of halogens is 1. The van der Waals surface area contributed by atoms with Crippen molar-refractivity contribution in [3.8, 4) is 0 Å². The number of carbonyl (C=O) groups is 2. The topological polar surface area (TPSA) is 49.9 Å². The fourth-order valence-corrected chi connectivity index (χ4v) is 2.51. The summed E-state index contributed by atoms with van der Waals surface area (Å²) in [5.74, 6) is -0.0845. The highest BCUT2D eigenvalue weighted by atomic mass is 35.5. The van der Waals surface area contributed by atoms with Crippen molar-refractivity contribution in [3.63, 3.8) is 0 Å². The number of amides is 2. The van der Waals surface area contributed by atoms with Crippen LogP contribution < -0.4 is 0 Å². The lowest BCUT2D eigenvalue weighted by molar-refractivity contribution is -0.127. The van der Waals surface area contributed by atoms with E-state index >= 15 is 0 Å². The van der Waals surface area contributed by atoms with Gasteiger partial charge in [-0.2, -0.15) is 0 Å². The van der Waals surface area contributed by atoms with Crippen LogP contribution in [0.3, 0.4) is 0 Å². The van der Waals surface area contributed by atoms with E-state index in [9.17, 15) is 9.59 Å². The fraction of sp³-hybridized carbons (Fsp3) is 0.444. The summed E-state index contributed by atoms with van der Waals surface area (Å²) < 4.78 is 5.35. The van der Waals surface area contributed by atoms with Gasteiger partial charge in [0.25, 0.3) is 0 Å². The van der Waals surface area contributed by atoms with Gasteiger partial charge in [-0.25, -0.2) is 4.79 Å². The molecule has 0 N–H and O–H groups in total. The van der Waals surface area contributed by atoms with Crippen molar-refractivity contribution in [2.24, 2.45) is 0 Å². The Labute approximate surface area is 147 Å². The SMILES string of the molecule is CC(C)(C)OC(=O)N1CCN(C(=O)C=Cc2ccccc2Cl)CC1. The first-order valence-corrected chi connectivity index (χ1v) is 8.33. The average molecular weight is 351 g/mol. The van der Waals surface area contributed by atoms with Crippen LogP contribution in [0.25, 0.3) is 6.08 Å². The summed E-state index contributed by atoms with van der Waals surface area (Å²) >= 11 is 6.07. The first kappa shape index (κ1) is 18.3. The van der Waals surface area contributed by atoms with E-state index in [1.807, 2.05) is 39.0 Å². The van der Waals surface area contributed by atoms with Gasteiger partial charge in [-0.15, -0.1) is 0 Å². The molecule has 0 spiro atoms. The van der Waals surface area contributed by atoms with E-state index in [-0.39, 0.29) is 12.0 Å². The molecule has 1 heterocycles. The minimum absolute atomic E-state index is 0.0845. The second-order valence-electron chi connectivity index (χ2n) is 6.65. The van der Waals surface area contributed by atoms with Crippen molar-refractivity contribution in [1.82, 2.24) is 9.80 Å². The van der Waals surface area contributed by atoms with Crippen LogP contribution in [0.2, 0.25) is 5.02 Å². The summed E-state index contributed by atoms with van der Waals surface area (Å²) in [6.45, 7) is 7.44. The molecule has 1 fully saturated rings. The summed E-state index contributed by atoms with van der Waals surface area (Å²) in [5, 5.41) is 0.608. The van der Waals surface area contributed by atoms with Crippen LogP contribution in [-0.4, -0.2) is 53.6 Å². The molecule has 1 aliphatic rings. The first-order valence-electron chi connectivity index (χ1n) is 7.96. The minimum atomic E-state index is -0.512. The van der Waals surface area contributed by atoms with E-state index in [1.165, 1.54) is 6.08 Å². The Morgan fingerprint density at radius 1 is 1.08 bits per heavy atom. The molecule has 0 radical (unpaired) electrons. The Kier molecular flexibility index (Phi) is 5.89. The summed E-state index contributed by atoms with van der Waals surface area (Å²) in [4.78, 5) is 27.6. The van der Waals surface area contributed by atoms with Crippen LogP contribution in [0.15, 0.2) is 30.3 Å². The van der Waals surface area contributed by atoms with Crippen LogP contribution in [0.4, 0.5) is 4.79 Å². The molecule has 0 saturated carbocycles. The van der Waals surface area contributed by atoms with Gasteiger partial charge in [0.2, 0.25) is 5.91 Å². The molecule has 1 saturated heterocycles. The Balaban J connectivity index is 1.87. The molecule has 1 aliphatic heterocycles. The summed E-state index contributed by atoms with van der Waals surface area (Å²) in [6.07, 6.45) is 2.90. The molecule has 0 bridgehead atoms. The highest BCUT2D eigenvalue weighted by Crippen LogP contribution is 2.17. The number of benzene rings is 1. The molecule has 2 rings (SSSR count). The fourth-order valence-electron chi connectivity index (χ4n) is 2.31. The van der Waals surface area contributed by atoms with E-state index in [1.54, 1.807) is 21.9 Å². The van der Waals surface area contributed by atoms with Crippen molar-refractivity contribution in [3.05, 3.63) is 40.9 Å². The normalized spacial score (nSPS) is 15.7. The maximum absolute atomic E-state index is 12.2. The van der Waals surface area contributed by atoms with Gasteiger partial charge in [0.05, 0.1) is 0 Å². The maximum atomic E-state index is 12.2. The van der Waals surface area contributed by atoms with Crippen LogP contribution in [0.1, 0.15) is 26.3 Å². The third kappa shape index (κ3) is 5.27. The summed E-state index contributed by atoms with van der Waals surface area (Å²) in [5.41, 5.74) is 0.293. The van der Waals surface area contributed by atoms with Gasteiger partial charge >= 0.3 is 6.09 Å². The molecule has 0 aromatic heterocycles. The minimum Gasteiger partial charge on any atom is -0.444 e. The number of hydrogen-bond acceptors (Lipinski definition) is 3. The standard InChI is InChI=1S/C18H23ClN2O3/c1-18(2,3)24-17(23)21-12-10-20(11-13-21)16(22)9-8-14-6-4-5-7-15(14)19/h4-9H,10-13H2,1-3H3. The van der Waals surface area contributed by atoms with E-state index < -0.39 is 5.60 Å². The zero-order chi connectivity index (χ0) is 17.7. The number of rotatable bonds is 2. The van der Waals surface area contributed by atoms with Crippen LogP contribution >= 0.6 is 11.6 Å². The largest absolute Gasteiger partial charge is 0.444 e. The lowest BCUT2D eigenvalue weighted by Crippen LogP contribution is -2.51. The Morgan fingerprint density at radius 2 is 1.67 bits per heavy atom. The molecule has 1 aromatic carbocycles. The molecule has 6 heteroatoms. The summed E-state index contributed by atoms with van der Waals surface area (Å²) in [6, 6.07) is 7.35. The monoisotopic (exact) mass is 350 g/mol. The molecular weight excluding hydrogens is 328 g/mol. The van der Waals surface area contributed by atoms with E-state index in [4.69, 9.17) is 16.3 Å². The van der Waals surface area contributed by atoms with Crippen molar-refractivity contribution in [1.29, 1.82) is 0 Å². The van der Waals surface area contributed by atoms with Gasteiger partial charge in [-0.05, 0) is 38.5 Å². The Morgan fingerprint density at radius 3 is 2.25 bits per heavy atom. The second-order valence-corrected chi connectivity index (χ2v) is 7.05.